The second-order valence-corrected chi connectivity index (χ2v) is 14.0. The molecule has 19 N–H and O–H groups in total. The number of nitrogens with two attached hydrogens (primary N) is 6. The van der Waals surface area contributed by atoms with Gasteiger partial charge in [0.2, 0.25) is 29.5 Å². The molecule has 0 aromatic carbocycles. The number of nitrogens with zero attached hydrogens (tertiary/aromatic N) is 1. The van der Waals surface area contributed by atoms with Crippen LogP contribution in [0.15, 0.2) is 12.5 Å². The Bertz CT molecular complexity index is 1290. The molecular weight excluding hydrogens is 726 g/mol. The lowest BCUT2D eigenvalue weighted by molar-refractivity contribution is -0.142. The molecule has 20 heteroatoms. The zero-order valence-corrected chi connectivity index (χ0v) is 32.8. The molecule has 0 spiro atoms. The normalized spacial score (nSPS) is 14.4. The summed E-state index contributed by atoms with van der Waals surface area (Å²) in [4.78, 5) is 86.9. The van der Waals surface area contributed by atoms with E-state index in [9.17, 15) is 33.9 Å². The van der Waals surface area contributed by atoms with E-state index in [4.69, 9.17) is 34.4 Å². The average molecular weight is 796 g/mol. The molecule has 0 saturated carbocycles. The topological polar surface area (TPSA) is 368 Å². The predicted molar refractivity (Wildman–Crippen MR) is 212 cm³/mol. The number of hydrogen-bond acceptors (Lipinski definition) is 13. The van der Waals surface area contributed by atoms with Crippen molar-refractivity contribution in [3.05, 3.63) is 18.2 Å². The Labute approximate surface area is 329 Å². The molecule has 320 valence electrons. The van der Waals surface area contributed by atoms with Crippen LogP contribution in [0, 0.1) is 0 Å². The van der Waals surface area contributed by atoms with Gasteiger partial charge in [-0.1, -0.05) is 6.42 Å². The van der Waals surface area contributed by atoms with Gasteiger partial charge in [0, 0.05) is 18.3 Å². The molecule has 0 aliphatic heterocycles. The molecule has 0 radical (unpaired) electrons. The molecule has 56 heavy (non-hydrogen) atoms. The van der Waals surface area contributed by atoms with Crippen molar-refractivity contribution >= 4 is 35.5 Å². The van der Waals surface area contributed by atoms with Crippen LogP contribution < -0.4 is 61.0 Å². The van der Waals surface area contributed by atoms with Gasteiger partial charge in [-0.3, -0.25) is 24.0 Å². The highest BCUT2D eigenvalue weighted by Gasteiger charge is 2.33. The van der Waals surface area contributed by atoms with Crippen LogP contribution in [0.5, 0.6) is 0 Å². The molecule has 1 rings (SSSR count). The van der Waals surface area contributed by atoms with E-state index in [-0.39, 0.29) is 32.1 Å². The summed E-state index contributed by atoms with van der Waals surface area (Å²) in [7, 11) is 0. The number of carboxylic acids is 1. The van der Waals surface area contributed by atoms with Crippen LogP contribution in [0.2, 0.25) is 0 Å². The summed E-state index contributed by atoms with van der Waals surface area (Å²) < 4.78 is 0. The lowest BCUT2D eigenvalue weighted by Crippen LogP contribution is -2.59. The number of aliphatic carboxylic acids is 1. The number of carboxylic acid groups (broad SMARTS) is 1. The van der Waals surface area contributed by atoms with Crippen LogP contribution in [0.1, 0.15) is 102 Å². The van der Waals surface area contributed by atoms with Gasteiger partial charge in [0.05, 0.1) is 12.4 Å². The van der Waals surface area contributed by atoms with Crippen molar-refractivity contribution in [2.45, 2.75) is 139 Å². The maximum absolute atomic E-state index is 14.0. The fraction of sp³-hybridized carbons (Fsp3) is 0.750. The van der Waals surface area contributed by atoms with E-state index >= 15 is 0 Å². The van der Waals surface area contributed by atoms with E-state index in [1.807, 2.05) is 0 Å². The summed E-state index contributed by atoms with van der Waals surface area (Å²) in [5, 5.41) is 23.2. The van der Waals surface area contributed by atoms with Gasteiger partial charge in [0.1, 0.15) is 30.2 Å². The molecule has 0 aliphatic rings. The van der Waals surface area contributed by atoms with E-state index in [0.29, 0.717) is 109 Å². The summed E-state index contributed by atoms with van der Waals surface area (Å²) in [6.07, 6.45) is 9.40. The largest absolute Gasteiger partial charge is 0.480 e. The molecule has 5 amide bonds. The van der Waals surface area contributed by atoms with Crippen molar-refractivity contribution in [1.29, 1.82) is 0 Å². The third-order valence-electron chi connectivity index (χ3n) is 9.22. The van der Waals surface area contributed by atoms with Crippen molar-refractivity contribution < 1.29 is 33.9 Å². The first-order valence-electron chi connectivity index (χ1n) is 19.9. The highest BCUT2D eigenvalue weighted by atomic mass is 16.4. The number of unbranched alkanes of at least 4 members (excludes halogenated alkanes) is 5. The second-order valence-electron chi connectivity index (χ2n) is 14.0. The number of aromatic nitrogens is 2. The molecule has 0 unspecified atom stereocenters. The van der Waals surface area contributed by atoms with Crippen LogP contribution in [0.3, 0.4) is 0 Å². The lowest BCUT2D eigenvalue weighted by Gasteiger charge is -2.27. The van der Waals surface area contributed by atoms with E-state index in [1.165, 1.54) is 12.5 Å². The molecule has 0 saturated heterocycles. The first kappa shape index (κ1) is 49.8. The highest BCUT2D eigenvalue weighted by Crippen LogP contribution is 2.10. The number of hydrogen-bond donors (Lipinski definition) is 13. The summed E-state index contributed by atoms with van der Waals surface area (Å²) in [5.41, 5.74) is 34.9. The molecular formula is C36H69N13O7. The Morgan fingerprint density at radius 2 is 0.857 bits per heavy atom. The Balaban J connectivity index is 3.29. The predicted octanol–water partition coefficient (Wildman–Crippen LogP) is -2.57. The number of imidazole rings is 1. The maximum Gasteiger partial charge on any atom is 0.326 e. The molecule has 6 atom stereocenters. The highest BCUT2D eigenvalue weighted by molar-refractivity contribution is 5.96. The van der Waals surface area contributed by atoms with Crippen molar-refractivity contribution in [2.24, 2.45) is 34.4 Å². The number of nitrogens with one attached hydrogen (secondary N) is 6. The fourth-order valence-corrected chi connectivity index (χ4v) is 5.87. The quantitative estimate of drug-likeness (QED) is 0.0326. The second kappa shape index (κ2) is 30.0. The Kier molecular flexibility index (Phi) is 26.7. The van der Waals surface area contributed by atoms with Gasteiger partial charge in [-0.2, -0.15) is 0 Å². The van der Waals surface area contributed by atoms with Crippen molar-refractivity contribution in [3.63, 3.8) is 0 Å². The van der Waals surface area contributed by atoms with E-state index in [0.717, 1.165) is 0 Å². The number of aromatic amines is 1. The van der Waals surface area contributed by atoms with Gasteiger partial charge >= 0.3 is 5.97 Å². The molecule has 20 nitrogen and oxygen atoms in total. The van der Waals surface area contributed by atoms with Crippen LogP contribution in [0.4, 0.5) is 0 Å². The SMILES string of the molecule is NCCCC[C@H](NC(=O)[C@H](CCCCN)NC(=O)[C@H](CCCCN)NC(=O)[C@H](CCCCN)NC(=O)[C@H](Cc1cnc[nH]1)NC(=O)[C@@H](N)CCCCN)C(=O)O. The van der Waals surface area contributed by atoms with Gasteiger partial charge in [-0.05, 0) is 123 Å². The van der Waals surface area contributed by atoms with Crippen LogP contribution in [-0.2, 0) is 35.2 Å². The minimum Gasteiger partial charge on any atom is -0.480 e. The van der Waals surface area contributed by atoms with Gasteiger partial charge in [0.25, 0.3) is 0 Å². The maximum atomic E-state index is 14.0. The van der Waals surface area contributed by atoms with Crippen LogP contribution >= 0.6 is 0 Å². The van der Waals surface area contributed by atoms with Crippen LogP contribution in [-0.4, -0.2) is 120 Å². The average Bonchev–Trinajstić information content (AvgIpc) is 3.69. The van der Waals surface area contributed by atoms with Crippen molar-refractivity contribution in [1.82, 2.24) is 36.6 Å². The number of rotatable bonds is 33. The zero-order valence-electron chi connectivity index (χ0n) is 32.8. The Morgan fingerprint density at radius 1 is 0.518 bits per heavy atom. The Morgan fingerprint density at radius 3 is 1.21 bits per heavy atom. The zero-order chi connectivity index (χ0) is 41.7. The lowest BCUT2D eigenvalue weighted by atomic mass is 10.0. The van der Waals surface area contributed by atoms with Crippen molar-refractivity contribution in [3.8, 4) is 0 Å². The van der Waals surface area contributed by atoms with Gasteiger partial charge in [-0.25, -0.2) is 9.78 Å². The van der Waals surface area contributed by atoms with E-state index in [2.05, 4.69) is 36.6 Å². The summed E-state index contributed by atoms with van der Waals surface area (Å²) >= 11 is 0. The molecule has 0 fully saturated rings. The molecule has 1 aromatic rings. The van der Waals surface area contributed by atoms with Gasteiger partial charge in [0.15, 0.2) is 0 Å². The minimum absolute atomic E-state index is 0.0255. The summed E-state index contributed by atoms with van der Waals surface area (Å²) in [5.74, 6) is -4.43. The summed E-state index contributed by atoms with van der Waals surface area (Å²) in [6.45, 7) is 1.86. The fourth-order valence-electron chi connectivity index (χ4n) is 5.87. The number of amides is 5. The first-order valence-corrected chi connectivity index (χ1v) is 19.9. The molecule has 0 aliphatic carbocycles. The smallest absolute Gasteiger partial charge is 0.326 e. The Hall–Kier alpha value is -4.21. The standard InChI is InChI=1S/C36H69N13O7/c37-16-6-1-11-25(42)31(50)49-30(21-24-22-43-23-44-24)35(54)47-27(13-3-8-18-39)33(52)45-26(12-2-7-17-38)32(51)46-28(14-4-9-19-40)34(53)48-29(36(55)56)15-5-10-20-41/h22-23,25-30H,1-21,37-42H2,(H,43,44)(H,45,52)(H,46,51)(H,47,54)(H,48,53)(H,49,50)(H,55,56)/t25-,26-,27-,28-,29-,30-/m0/s1. The van der Waals surface area contributed by atoms with E-state index < -0.39 is 71.8 Å². The molecule has 0 bridgehead atoms. The minimum atomic E-state index is -1.21. The number of carbonyl (C=O) groups excluding carboxylic acids is 5. The van der Waals surface area contributed by atoms with E-state index in [1.54, 1.807) is 0 Å². The monoisotopic (exact) mass is 796 g/mol. The summed E-state index contributed by atoms with van der Waals surface area (Å²) in [6, 6.07) is -6.59. The third kappa shape index (κ3) is 20.6. The number of carbonyl (C=O) groups is 6. The first-order chi connectivity index (χ1) is 26.9. The molecule has 1 aromatic heterocycles. The molecule has 1 heterocycles. The van der Waals surface area contributed by atoms with Gasteiger partial charge in [-0.15, -0.1) is 0 Å². The van der Waals surface area contributed by atoms with Gasteiger partial charge < -0.3 is 71.1 Å². The number of H-pyrrole nitrogens is 1. The third-order valence-corrected chi connectivity index (χ3v) is 9.22. The van der Waals surface area contributed by atoms with Crippen LogP contribution in [0.25, 0.3) is 0 Å². The van der Waals surface area contributed by atoms with Crippen molar-refractivity contribution in [2.75, 3.05) is 32.7 Å².